The van der Waals surface area contributed by atoms with Crippen molar-refractivity contribution in [2.45, 2.75) is 58.5 Å². The molecule has 4 aromatic rings. The second-order valence-corrected chi connectivity index (χ2v) is 12.2. The van der Waals surface area contributed by atoms with Crippen molar-refractivity contribution >= 4 is 11.6 Å². The van der Waals surface area contributed by atoms with Crippen molar-refractivity contribution in [2.24, 2.45) is 0 Å². The van der Waals surface area contributed by atoms with Crippen LogP contribution in [0.4, 0.5) is 5.69 Å². The average Bonchev–Trinajstić information content (AvgIpc) is 3.47. The van der Waals surface area contributed by atoms with Crippen molar-refractivity contribution < 1.29 is 9.53 Å². The fraction of sp³-hybridized carbons (Fsp3) is 0.394. The second kappa shape index (κ2) is 12.4. The van der Waals surface area contributed by atoms with E-state index in [1.54, 1.807) is 24.2 Å². The Labute approximate surface area is 248 Å². The van der Waals surface area contributed by atoms with Gasteiger partial charge in [-0.05, 0) is 86.8 Å². The molecule has 9 heteroatoms. The molecule has 5 rings (SSSR count). The van der Waals surface area contributed by atoms with Gasteiger partial charge in [-0.3, -0.25) is 9.78 Å². The SMILES string of the molecule is COc1c(CNC2CCN(C)CC2)cc(C(C)(C)C)cc1NC(=O)c1ccc(C)c(-n2cc(-c3cccnc3)nn2)c1. The number of nitrogens with zero attached hydrogens (tertiary/aromatic N) is 5. The number of carbonyl (C=O) groups is 1. The largest absolute Gasteiger partial charge is 0.494 e. The number of aryl methyl sites for hydroxylation is 1. The average molecular weight is 568 g/mol. The lowest BCUT2D eigenvalue weighted by Gasteiger charge is -2.30. The Morgan fingerprint density at radius 3 is 2.60 bits per heavy atom. The monoisotopic (exact) mass is 567 g/mol. The maximum absolute atomic E-state index is 13.7. The zero-order chi connectivity index (χ0) is 29.9. The molecule has 0 saturated carbocycles. The standard InChI is InChI=1S/C33H41N7O2/c1-22-9-10-23(17-30(22)40-21-29(37-38-40)24-8-7-13-34-19-24)32(41)36-28-18-26(33(2,3)4)16-25(31(28)42-6)20-35-27-11-14-39(5)15-12-27/h7-10,13,16-19,21,27,35H,11-12,14-15,20H2,1-6H3,(H,36,41). The summed E-state index contributed by atoms with van der Waals surface area (Å²) in [5.74, 6) is 0.462. The van der Waals surface area contributed by atoms with Gasteiger partial charge in [0.1, 0.15) is 11.4 Å². The highest BCUT2D eigenvalue weighted by Crippen LogP contribution is 2.36. The highest BCUT2D eigenvalue weighted by molar-refractivity contribution is 6.05. The summed E-state index contributed by atoms with van der Waals surface area (Å²) < 4.78 is 7.60. The predicted molar refractivity (Wildman–Crippen MR) is 166 cm³/mol. The number of piperidine rings is 1. The van der Waals surface area contributed by atoms with Gasteiger partial charge in [0.25, 0.3) is 5.91 Å². The summed E-state index contributed by atoms with van der Waals surface area (Å²) in [4.78, 5) is 20.2. The van der Waals surface area contributed by atoms with Crippen LogP contribution in [0.15, 0.2) is 61.1 Å². The molecule has 0 spiro atoms. The third-order valence-electron chi connectivity index (χ3n) is 7.95. The first-order valence-corrected chi connectivity index (χ1v) is 14.5. The first kappa shape index (κ1) is 29.4. The number of amides is 1. The van der Waals surface area contributed by atoms with Gasteiger partial charge in [0, 0.05) is 41.7 Å². The molecule has 2 N–H and O–H groups in total. The molecule has 2 aromatic heterocycles. The predicted octanol–water partition coefficient (Wildman–Crippen LogP) is 5.38. The molecule has 0 bridgehead atoms. The first-order chi connectivity index (χ1) is 20.1. The Morgan fingerprint density at radius 1 is 1.12 bits per heavy atom. The van der Waals surface area contributed by atoms with Crippen LogP contribution in [0, 0.1) is 6.92 Å². The van der Waals surface area contributed by atoms with E-state index in [0.717, 1.165) is 53.9 Å². The number of methoxy groups -OCH3 is 1. The number of nitrogens with one attached hydrogen (secondary N) is 2. The molecule has 0 unspecified atom stereocenters. The number of hydrogen-bond acceptors (Lipinski definition) is 7. The minimum Gasteiger partial charge on any atom is -0.494 e. The van der Waals surface area contributed by atoms with Crippen LogP contribution in [-0.2, 0) is 12.0 Å². The van der Waals surface area contributed by atoms with E-state index in [1.165, 1.54) is 0 Å². The minimum absolute atomic E-state index is 0.107. The lowest BCUT2D eigenvalue weighted by Crippen LogP contribution is -2.40. The highest BCUT2D eigenvalue weighted by atomic mass is 16.5. The van der Waals surface area contributed by atoms with Gasteiger partial charge in [-0.1, -0.05) is 38.1 Å². The van der Waals surface area contributed by atoms with Gasteiger partial charge < -0.3 is 20.3 Å². The summed E-state index contributed by atoms with van der Waals surface area (Å²) in [5, 5.41) is 15.5. The molecule has 42 heavy (non-hydrogen) atoms. The molecular formula is C33H41N7O2. The van der Waals surface area contributed by atoms with E-state index < -0.39 is 0 Å². The number of benzene rings is 2. The number of aromatic nitrogens is 4. The number of ether oxygens (including phenoxy) is 1. The normalized spacial score (nSPS) is 14.6. The number of carbonyl (C=O) groups excluding carboxylic acids is 1. The molecule has 2 aromatic carbocycles. The van der Waals surface area contributed by atoms with E-state index in [1.807, 2.05) is 49.5 Å². The van der Waals surface area contributed by atoms with Crippen LogP contribution in [0.2, 0.25) is 0 Å². The molecule has 0 radical (unpaired) electrons. The third-order valence-corrected chi connectivity index (χ3v) is 7.95. The smallest absolute Gasteiger partial charge is 0.255 e. The molecule has 220 valence electrons. The van der Waals surface area contributed by atoms with Gasteiger partial charge >= 0.3 is 0 Å². The summed E-state index contributed by atoms with van der Waals surface area (Å²) in [6, 6.07) is 14.1. The number of likely N-dealkylation sites (tertiary alicyclic amines) is 1. The van der Waals surface area contributed by atoms with Gasteiger partial charge in [0.05, 0.1) is 24.7 Å². The summed E-state index contributed by atoms with van der Waals surface area (Å²) in [5.41, 5.74) is 6.59. The van der Waals surface area contributed by atoms with Crippen LogP contribution < -0.4 is 15.4 Å². The van der Waals surface area contributed by atoms with Crippen LogP contribution in [0.5, 0.6) is 5.75 Å². The highest BCUT2D eigenvalue weighted by Gasteiger charge is 2.23. The van der Waals surface area contributed by atoms with Crippen molar-refractivity contribution in [1.29, 1.82) is 0 Å². The fourth-order valence-corrected chi connectivity index (χ4v) is 5.27. The Hall–Kier alpha value is -4.08. The Kier molecular flexibility index (Phi) is 8.70. The molecular weight excluding hydrogens is 526 g/mol. The van der Waals surface area contributed by atoms with Crippen molar-refractivity contribution in [1.82, 2.24) is 30.2 Å². The topological polar surface area (TPSA) is 97.2 Å². The molecule has 3 heterocycles. The second-order valence-electron chi connectivity index (χ2n) is 12.2. The molecule has 1 fully saturated rings. The minimum atomic E-state index is -0.220. The number of rotatable bonds is 8. The molecule has 1 aliphatic rings. The number of pyridine rings is 1. The quantitative estimate of drug-likeness (QED) is 0.295. The number of hydrogen-bond donors (Lipinski definition) is 2. The summed E-state index contributed by atoms with van der Waals surface area (Å²) in [6.07, 6.45) is 7.56. The lowest BCUT2D eigenvalue weighted by atomic mass is 9.85. The molecule has 1 amide bonds. The molecule has 0 aliphatic carbocycles. The van der Waals surface area contributed by atoms with Crippen LogP contribution in [0.1, 0.15) is 60.7 Å². The van der Waals surface area contributed by atoms with Gasteiger partial charge in [0.15, 0.2) is 0 Å². The zero-order valence-corrected chi connectivity index (χ0v) is 25.4. The van der Waals surface area contributed by atoms with Gasteiger partial charge in [-0.25, -0.2) is 4.68 Å². The molecule has 0 atom stereocenters. The van der Waals surface area contributed by atoms with Gasteiger partial charge in [-0.15, -0.1) is 5.10 Å². The van der Waals surface area contributed by atoms with Crippen molar-refractivity contribution in [3.63, 3.8) is 0 Å². The van der Waals surface area contributed by atoms with Crippen LogP contribution in [0.25, 0.3) is 16.9 Å². The van der Waals surface area contributed by atoms with E-state index in [-0.39, 0.29) is 11.3 Å². The first-order valence-electron chi connectivity index (χ1n) is 14.5. The van der Waals surface area contributed by atoms with E-state index in [0.29, 0.717) is 35.3 Å². The third kappa shape index (κ3) is 6.69. The Morgan fingerprint density at radius 2 is 1.90 bits per heavy atom. The van der Waals surface area contributed by atoms with Gasteiger partial charge in [0.2, 0.25) is 0 Å². The van der Waals surface area contributed by atoms with Crippen LogP contribution >= 0.6 is 0 Å². The van der Waals surface area contributed by atoms with Crippen LogP contribution in [0.3, 0.4) is 0 Å². The maximum Gasteiger partial charge on any atom is 0.255 e. The molecule has 9 nitrogen and oxygen atoms in total. The van der Waals surface area contributed by atoms with Gasteiger partial charge in [-0.2, -0.15) is 0 Å². The van der Waals surface area contributed by atoms with Crippen LogP contribution in [-0.4, -0.2) is 64.1 Å². The van der Waals surface area contributed by atoms with Crippen molar-refractivity contribution in [2.75, 3.05) is 32.6 Å². The lowest BCUT2D eigenvalue weighted by molar-refractivity contribution is 0.102. The summed E-state index contributed by atoms with van der Waals surface area (Å²) in [7, 11) is 3.83. The summed E-state index contributed by atoms with van der Waals surface area (Å²) >= 11 is 0. The van der Waals surface area contributed by atoms with Crippen molar-refractivity contribution in [3.05, 3.63) is 83.3 Å². The Bertz CT molecular complexity index is 1530. The van der Waals surface area contributed by atoms with E-state index in [4.69, 9.17) is 4.74 Å². The summed E-state index contributed by atoms with van der Waals surface area (Å²) in [6.45, 7) is 11.4. The van der Waals surface area contributed by atoms with E-state index >= 15 is 0 Å². The maximum atomic E-state index is 13.7. The molecule has 1 aliphatic heterocycles. The van der Waals surface area contributed by atoms with Crippen molar-refractivity contribution in [3.8, 4) is 22.7 Å². The zero-order valence-electron chi connectivity index (χ0n) is 25.4. The number of anilines is 1. The molecule has 1 saturated heterocycles. The van der Waals surface area contributed by atoms with E-state index in [9.17, 15) is 4.79 Å². The fourth-order valence-electron chi connectivity index (χ4n) is 5.27. The van der Waals surface area contributed by atoms with E-state index in [2.05, 4.69) is 64.7 Å². The Balaban J connectivity index is 1.41.